The number of rotatable bonds is 7. The molecule has 7 heteroatoms. The Kier molecular flexibility index (Phi) is 5.88. The Labute approximate surface area is 173 Å². The summed E-state index contributed by atoms with van der Waals surface area (Å²) in [6, 6.07) is 14.1. The van der Waals surface area contributed by atoms with E-state index in [4.69, 9.17) is 4.42 Å². The largest absolute Gasteiger partial charge is 0.441 e. The minimum Gasteiger partial charge on any atom is -0.441 e. The van der Waals surface area contributed by atoms with Crippen molar-refractivity contribution in [3.05, 3.63) is 66.4 Å². The van der Waals surface area contributed by atoms with Gasteiger partial charge in [0.05, 0.1) is 11.9 Å². The molecule has 0 unspecified atom stereocenters. The number of carbonyl (C=O) groups is 2. The predicted octanol–water partition coefficient (Wildman–Crippen LogP) is 4.57. The van der Waals surface area contributed by atoms with Crippen LogP contribution in [0.2, 0.25) is 0 Å². The van der Waals surface area contributed by atoms with Gasteiger partial charge in [-0.2, -0.15) is 0 Å². The van der Waals surface area contributed by atoms with Gasteiger partial charge >= 0.3 is 0 Å². The Morgan fingerprint density at radius 1 is 1.20 bits per heavy atom. The number of halogens is 1. The fourth-order valence-electron chi connectivity index (χ4n) is 3.49. The van der Waals surface area contributed by atoms with Gasteiger partial charge in [0.1, 0.15) is 5.82 Å². The van der Waals surface area contributed by atoms with Crippen LogP contribution in [0.4, 0.5) is 15.8 Å². The monoisotopic (exact) mass is 407 g/mol. The van der Waals surface area contributed by atoms with Gasteiger partial charge in [-0.15, -0.1) is 0 Å². The number of hydrogen-bond acceptors (Lipinski definition) is 4. The first-order chi connectivity index (χ1) is 14.6. The summed E-state index contributed by atoms with van der Waals surface area (Å²) in [7, 11) is 0. The molecule has 1 fully saturated rings. The highest BCUT2D eigenvalue weighted by Gasteiger charge is 2.24. The van der Waals surface area contributed by atoms with Crippen LogP contribution in [-0.2, 0) is 16.0 Å². The standard InChI is InChI=1S/C23H22FN3O3/c24-18-14-17(11-12-19(18)27-13-5-10-23(27)29)26-21(28)8-4-9-22-25-15-20(30-22)16-6-2-1-3-7-16/h1-3,6-7,11-12,14-15H,4-5,8-10,13H2,(H,26,28). The van der Waals surface area contributed by atoms with E-state index in [0.29, 0.717) is 43.1 Å². The molecule has 0 aliphatic carbocycles. The summed E-state index contributed by atoms with van der Waals surface area (Å²) in [5, 5.41) is 2.70. The molecular formula is C23H22FN3O3. The zero-order chi connectivity index (χ0) is 20.9. The van der Waals surface area contributed by atoms with Gasteiger partial charge < -0.3 is 14.6 Å². The van der Waals surface area contributed by atoms with Crippen LogP contribution in [0.3, 0.4) is 0 Å². The molecule has 30 heavy (non-hydrogen) atoms. The summed E-state index contributed by atoms with van der Waals surface area (Å²) in [6.45, 7) is 0.522. The third kappa shape index (κ3) is 4.56. The number of anilines is 2. The fourth-order valence-corrected chi connectivity index (χ4v) is 3.49. The third-order valence-electron chi connectivity index (χ3n) is 5.00. The molecule has 0 radical (unpaired) electrons. The van der Waals surface area contributed by atoms with Crippen molar-refractivity contribution in [1.82, 2.24) is 4.98 Å². The lowest BCUT2D eigenvalue weighted by atomic mass is 10.2. The van der Waals surface area contributed by atoms with Crippen molar-refractivity contribution in [1.29, 1.82) is 0 Å². The molecule has 1 N–H and O–H groups in total. The second kappa shape index (κ2) is 8.90. The van der Waals surface area contributed by atoms with Crippen molar-refractivity contribution < 1.29 is 18.4 Å². The molecule has 6 nitrogen and oxygen atoms in total. The lowest BCUT2D eigenvalue weighted by Gasteiger charge is -2.17. The molecular weight excluding hydrogens is 385 g/mol. The van der Waals surface area contributed by atoms with Gasteiger partial charge in [0, 0.05) is 37.1 Å². The zero-order valence-corrected chi connectivity index (χ0v) is 16.4. The van der Waals surface area contributed by atoms with Crippen LogP contribution in [0, 0.1) is 5.82 Å². The lowest BCUT2D eigenvalue weighted by molar-refractivity contribution is -0.117. The third-order valence-corrected chi connectivity index (χ3v) is 5.00. The molecule has 2 amide bonds. The molecule has 0 spiro atoms. The Balaban J connectivity index is 1.28. The first kappa shape index (κ1) is 19.8. The average Bonchev–Trinajstić information content (AvgIpc) is 3.38. The molecule has 1 aromatic heterocycles. The molecule has 3 aromatic rings. The predicted molar refractivity (Wildman–Crippen MR) is 111 cm³/mol. The van der Waals surface area contributed by atoms with Gasteiger partial charge in [-0.25, -0.2) is 9.37 Å². The van der Waals surface area contributed by atoms with Crippen LogP contribution in [0.25, 0.3) is 11.3 Å². The maximum atomic E-state index is 14.4. The summed E-state index contributed by atoms with van der Waals surface area (Å²) in [5.41, 5.74) is 1.58. The zero-order valence-electron chi connectivity index (χ0n) is 16.4. The highest BCUT2D eigenvalue weighted by molar-refractivity contribution is 5.96. The van der Waals surface area contributed by atoms with E-state index in [1.807, 2.05) is 30.3 Å². The number of aromatic nitrogens is 1. The van der Waals surface area contributed by atoms with E-state index in [9.17, 15) is 14.0 Å². The van der Waals surface area contributed by atoms with Gasteiger partial charge in [-0.3, -0.25) is 9.59 Å². The number of nitrogens with zero attached hydrogens (tertiary/aromatic N) is 2. The minimum absolute atomic E-state index is 0.0763. The number of nitrogens with one attached hydrogen (secondary N) is 1. The first-order valence-electron chi connectivity index (χ1n) is 10.00. The topological polar surface area (TPSA) is 75.4 Å². The number of benzene rings is 2. The molecule has 1 aliphatic heterocycles. The number of hydrogen-bond donors (Lipinski definition) is 1. The van der Waals surface area contributed by atoms with Crippen LogP contribution in [0.5, 0.6) is 0 Å². The van der Waals surface area contributed by atoms with Crippen molar-refractivity contribution in [2.75, 3.05) is 16.8 Å². The van der Waals surface area contributed by atoms with Crippen molar-refractivity contribution >= 4 is 23.2 Å². The van der Waals surface area contributed by atoms with Crippen molar-refractivity contribution in [2.45, 2.75) is 32.1 Å². The van der Waals surface area contributed by atoms with Crippen molar-refractivity contribution in [3.8, 4) is 11.3 Å². The molecule has 2 heterocycles. The highest BCUT2D eigenvalue weighted by Crippen LogP contribution is 2.27. The summed E-state index contributed by atoms with van der Waals surface area (Å²) in [5.74, 6) is 0.465. The quantitative estimate of drug-likeness (QED) is 0.623. The lowest BCUT2D eigenvalue weighted by Crippen LogP contribution is -2.24. The van der Waals surface area contributed by atoms with E-state index in [0.717, 1.165) is 12.0 Å². The molecule has 1 saturated heterocycles. The Morgan fingerprint density at radius 2 is 2.03 bits per heavy atom. The molecule has 0 atom stereocenters. The summed E-state index contributed by atoms with van der Waals surface area (Å²) in [6.07, 6.45) is 4.20. The van der Waals surface area contributed by atoms with Gasteiger partial charge in [0.25, 0.3) is 0 Å². The second-order valence-corrected chi connectivity index (χ2v) is 7.20. The van der Waals surface area contributed by atoms with Gasteiger partial charge in [-0.05, 0) is 31.0 Å². The molecule has 4 rings (SSSR count). The van der Waals surface area contributed by atoms with Crippen molar-refractivity contribution in [3.63, 3.8) is 0 Å². The molecule has 2 aromatic carbocycles. The van der Waals surface area contributed by atoms with Gasteiger partial charge in [0.2, 0.25) is 11.8 Å². The van der Waals surface area contributed by atoms with E-state index < -0.39 is 5.82 Å². The number of amides is 2. The van der Waals surface area contributed by atoms with E-state index in [1.165, 1.54) is 17.0 Å². The van der Waals surface area contributed by atoms with Crippen LogP contribution in [0.15, 0.2) is 59.1 Å². The normalized spacial score (nSPS) is 13.6. The fraction of sp³-hybridized carbons (Fsp3) is 0.261. The smallest absolute Gasteiger partial charge is 0.227 e. The number of aryl methyl sites for hydroxylation is 1. The maximum Gasteiger partial charge on any atom is 0.227 e. The average molecular weight is 407 g/mol. The summed E-state index contributed by atoms with van der Waals surface area (Å²) >= 11 is 0. The Bertz CT molecular complexity index is 1050. The summed E-state index contributed by atoms with van der Waals surface area (Å²) < 4.78 is 20.1. The molecule has 154 valence electrons. The number of carbonyl (C=O) groups excluding carboxylic acids is 2. The molecule has 0 bridgehead atoms. The first-order valence-corrected chi connectivity index (χ1v) is 10.00. The van der Waals surface area contributed by atoms with Crippen LogP contribution in [-0.4, -0.2) is 23.3 Å². The second-order valence-electron chi connectivity index (χ2n) is 7.20. The number of oxazole rings is 1. The highest BCUT2D eigenvalue weighted by atomic mass is 19.1. The maximum absolute atomic E-state index is 14.4. The molecule has 0 saturated carbocycles. The SMILES string of the molecule is O=C(CCCc1ncc(-c2ccccc2)o1)Nc1ccc(N2CCCC2=O)c(F)c1. The van der Waals surface area contributed by atoms with E-state index in [-0.39, 0.29) is 23.9 Å². The van der Waals surface area contributed by atoms with Crippen LogP contribution >= 0.6 is 0 Å². The van der Waals surface area contributed by atoms with Gasteiger partial charge in [-0.1, -0.05) is 30.3 Å². The van der Waals surface area contributed by atoms with E-state index in [2.05, 4.69) is 10.3 Å². The summed E-state index contributed by atoms with van der Waals surface area (Å²) in [4.78, 5) is 29.7. The van der Waals surface area contributed by atoms with E-state index in [1.54, 1.807) is 12.3 Å². The Morgan fingerprint density at radius 3 is 2.77 bits per heavy atom. The van der Waals surface area contributed by atoms with E-state index >= 15 is 0 Å². The van der Waals surface area contributed by atoms with Crippen LogP contribution < -0.4 is 10.2 Å². The minimum atomic E-state index is -0.517. The van der Waals surface area contributed by atoms with Crippen LogP contribution in [0.1, 0.15) is 31.6 Å². The molecule has 1 aliphatic rings. The van der Waals surface area contributed by atoms with Crippen molar-refractivity contribution in [2.24, 2.45) is 0 Å². The van der Waals surface area contributed by atoms with Gasteiger partial charge in [0.15, 0.2) is 11.7 Å². The Hall–Kier alpha value is -3.48.